The summed E-state index contributed by atoms with van der Waals surface area (Å²) >= 11 is 0. The van der Waals surface area contributed by atoms with Crippen LogP contribution >= 0.6 is 0 Å². The van der Waals surface area contributed by atoms with E-state index in [1.165, 1.54) is 11.1 Å². The van der Waals surface area contributed by atoms with Gasteiger partial charge in [-0.15, -0.1) is 0 Å². The van der Waals surface area contributed by atoms with Crippen LogP contribution in [0.15, 0.2) is 48.5 Å². The minimum absolute atomic E-state index is 0.0141. The van der Waals surface area contributed by atoms with E-state index in [2.05, 4.69) is 34.9 Å². The monoisotopic (exact) mass is 452 g/mol. The van der Waals surface area contributed by atoms with Crippen molar-refractivity contribution in [2.75, 3.05) is 13.2 Å². The van der Waals surface area contributed by atoms with Crippen molar-refractivity contribution in [1.82, 2.24) is 10.6 Å². The molecule has 2 aromatic carbocycles. The van der Waals surface area contributed by atoms with E-state index in [0.29, 0.717) is 25.8 Å². The summed E-state index contributed by atoms with van der Waals surface area (Å²) in [5.74, 6) is -1.45. The number of ether oxygens (including phenoxy) is 1. The molecule has 2 aromatic rings. The second-order valence-electron chi connectivity index (χ2n) is 8.51. The van der Waals surface area contributed by atoms with Gasteiger partial charge in [-0.1, -0.05) is 62.4 Å². The molecule has 7 heteroatoms. The number of fused-ring (bicyclic) bond motifs is 3. The van der Waals surface area contributed by atoms with E-state index in [9.17, 15) is 14.4 Å². The minimum Gasteiger partial charge on any atom is -0.481 e. The number of carbonyl (C=O) groups excluding carboxylic acids is 2. The molecule has 33 heavy (non-hydrogen) atoms. The van der Waals surface area contributed by atoms with Gasteiger partial charge >= 0.3 is 12.1 Å². The zero-order valence-corrected chi connectivity index (χ0v) is 19.2. The van der Waals surface area contributed by atoms with E-state index in [1.54, 1.807) is 6.92 Å². The Morgan fingerprint density at radius 1 is 1.03 bits per heavy atom. The SMILES string of the molecule is CC[C@H](CC(=O)NCCCC(C)C(=O)O)NC(=O)OCC1c2ccccc2-c2ccccc21. The lowest BCUT2D eigenvalue weighted by Gasteiger charge is -2.19. The van der Waals surface area contributed by atoms with Crippen molar-refractivity contribution >= 4 is 18.0 Å². The molecule has 0 spiro atoms. The van der Waals surface area contributed by atoms with Crippen LogP contribution < -0.4 is 10.6 Å². The summed E-state index contributed by atoms with van der Waals surface area (Å²) in [6.45, 7) is 4.19. The topological polar surface area (TPSA) is 105 Å². The molecule has 0 aliphatic heterocycles. The molecular weight excluding hydrogens is 420 g/mol. The number of carbonyl (C=O) groups is 3. The molecule has 0 fully saturated rings. The summed E-state index contributed by atoms with van der Waals surface area (Å²) < 4.78 is 5.56. The van der Waals surface area contributed by atoms with Crippen LogP contribution in [0.5, 0.6) is 0 Å². The highest BCUT2D eigenvalue weighted by Gasteiger charge is 2.29. The van der Waals surface area contributed by atoms with Crippen LogP contribution in [0.25, 0.3) is 11.1 Å². The Morgan fingerprint density at radius 2 is 1.64 bits per heavy atom. The lowest BCUT2D eigenvalue weighted by atomic mass is 9.98. The van der Waals surface area contributed by atoms with Crippen LogP contribution in [0.1, 0.15) is 56.6 Å². The van der Waals surface area contributed by atoms with Gasteiger partial charge in [-0.05, 0) is 41.5 Å². The first-order valence-electron chi connectivity index (χ1n) is 11.5. The smallest absolute Gasteiger partial charge is 0.407 e. The molecule has 0 saturated carbocycles. The van der Waals surface area contributed by atoms with Crippen molar-refractivity contribution in [2.45, 2.75) is 51.5 Å². The second-order valence-corrected chi connectivity index (χ2v) is 8.51. The molecule has 0 heterocycles. The first kappa shape index (κ1) is 24.3. The summed E-state index contributed by atoms with van der Waals surface area (Å²) in [5, 5.41) is 14.5. The van der Waals surface area contributed by atoms with E-state index in [1.807, 2.05) is 31.2 Å². The number of aliphatic carboxylic acids is 1. The Labute approximate surface area is 194 Å². The van der Waals surface area contributed by atoms with E-state index in [4.69, 9.17) is 9.84 Å². The third-order valence-electron chi connectivity index (χ3n) is 6.15. The number of benzene rings is 2. The van der Waals surface area contributed by atoms with E-state index in [-0.39, 0.29) is 30.9 Å². The van der Waals surface area contributed by atoms with E-state index in [0.717, 1.165) is 11.1 Å². The predicted molar refractivity (Wildman–Crippen MR) is 126 cm³/mol. The van der Waals surface area contributed by atoms with Gasteiger partial charge in [0.2, 0.25) is 5.91 Å². The van der Waals surface area contributed by atoms with Gasteiger partial charge < -0.3 is 20.5 Å². The Balaban J connectivity index is 1.46. The fourth-order valence-corrected chi connectivity index (χ4v) is 4.16. The maximum Gasteiger partial charge on any atom is 0.407 e. The zero-order valence-electron chi connectivity index (χ0n) is 19.2. The molecule has 3 rings (SSSR count). The first-order chi connectivity index (χ1) is 15.9. The average molecular weight is 453 g/mol. The van der Waals surface area contributed by atoms with Crippen molar-refractivity contribution in [2.24, 2.45) is 5.92 Å². The van der Waals surface area contributed by atoms with Crippen LogP contribution in [0.3, 0.4) is 0 Å². The highest BCUT2D eigenvalue weighted by Crippen LogP contribution is 2.44. The fraction of sp³-hybridized carbons (Fsp3) is 0.423. The second kappa shape index (κ2) is 11.5. The Hall–Kier alpha value is -3.35. The van der Waals surface area contributed by atoms with Crippen molar-refractivity contribution in [3.63, 3.8) is 0 Å². The largest absolute Gasteiger partial charge is 0.481 e. The van der Waals surface area contributed by atoms with Gasteiger partial charge in [-0.2, -0.15) is 0 Å². The van der Waals surface area contributed by atoms with Gasteiger partial charge in [-0.25, -0.2) is 4.79 Å². The summed E-state index contributed by atoms with van der Waals surface area (Å²) in [6.07, 6.45) is 1.30. The fourth-order valence-electron chi connectivity index (χ4n) is 4.16. The van der Waals surface area contributed by atoms with Crippen LogP contribution in [0.2, 0.25) is 0 Å². The van der Waals surface area contributed by atoms with Gasteiger partial charge in [0, 0.05) is 24.9 Å². The molecule has 1 aliphatic rings. The van der Waals surface area contributed by atoms with Crippen LogP contribution in [0.4, 0.5) is 4.79 Å². The molecule has 1 aliphatic carbocycles. The number of amides is 2. The molecule has 7 nitrogen and oxygen atoms in total. The maximum absolute atomic E-state index is 12.5. The van der Waals surface area contributed by atoms with Crippen LogP contribution in [0, 0.1) is 5.92 Å². The molecule has 176 valence electrons. The molecular formula is C26H32N2O5. The van der Waals surface area contributed by atoms with E-state index >= 15 is 0 Å². The molecule has 3 N–H and O–H groups in total. The minimum atomic E-state index is -0.834. The highest BCUT2D eigenvalue weighted by molar-refractivity contribution is 5.79. The third-order valence-corrected chi connectivity index (χ3v) is 6.15. The number of carboxylic acids is 1. The van der Waals surface area contributed by atoms with Crippen LogP contribution in [-0.4, -0.2) is 42.3 Å². The summed E-state index contributed by atoms with van der Waals surface area (Å²) in [7, 11) is 0. The summed E-state index contributed by atoms with van der Waals surface area (Å²) in [6, 6.07) is 16.0. The summed E-state index contributed by atoms with van der Waals surface area (Å²) in [5.41, 5.74) is 4.64. The van der Waals surface area contributed by atoms with Crippen LogP contribution in [-0.2, 0) is 14.3 Å². The first-order valence-corrected chi connectivity index (χ1v) is 11.5. The van der Waals surface area contributed by atoms with Crippen molar-refractivity contribution in [3.8, 4) is 11.1 Å². The maximum atomic E-state index is 12.5. The molecule has 1 unspecified atom stereocenters. The van der Waals surface area contributed by atoms with Crippen molar-refractivity contribution < 1.29 is 24.2 Å². The molecule has 2 atom stereocenters. The van der Waals surface area contributed by atoms with Gasteiger partial charge in [0.25, 0.3) is 0 Å². The Bertz CT molecular complexity index is 945. The number of nitrogens with one attached hydrogen (secondary N) is 2. The zero-order chi connectivity index (χ0) is 23.8. The van der Waals surface area contributed by atoms with Gasteiger partial charge in [0.05, 0.1) is 5.92 Å². The molecule has 0 aromatic heterocycles. The van der Waals surface area contributed by atoms with Crippen molar-refractivity contribution in [1.29, 1.82) is 0 Å². The number of hydrogen-bond acceptors (Lipinski definition) is 4. The number of carboxylic acid groups (broad SMARTS) is 1. The molecule has 2 amide bonds. The standard InChI is InChI=1S/C26H32N2O5/c1-3-18(15-24(29)27-14-8-9-17(2)25(30)31)28-26(32)33-16-23-21-12-6-4-10-19(21)20-11-5-7-13-22(20)23/h4-7,10-13,17-18,23H,3,8-9,14-16H2,1-2H3,(H,27,29)(H,28,32)(H,30,31)/t17?,18-/m1/s1. The van der Waals surface area contributed by atoms with Crippen molar-refractivity contribution in [3.05, 3.63) is 59.7 Å². The normalized spacial score (nSPS) is 14.0. The third kappa shape index (κ3) is 6.34. The van der Waals surface area contributed by atoms with E-state index < -0.39 is 18.0 Å². The number of rotatable bonds is 11. The highest BCUT2D eigenvalue weighted by atomic mass is 16.5. The summed E-state index contributed by atoms with van der Waals surface area (Å²) in [4.78, 5) is 35.5. The Morgan fingerprint density at radius 3 is 2.21 bits per heavy atom. The molecule has 0 saturated heterocycles. The average Bonchev–Trinajstić information content (AvgIpc) is 3.13. The Kier molecular flexibility index (Phi) is 8.46. The van der Waals surface area contributed by atoms with Gasteiger partial charge in [0.15, 0.2) is 0 Å². The molecule has 0 bridgehead atoms. The predicted octanol–water partition coefficient (Wildman–Crippen LogP) is 4.31. The lowest BCUT2D eigenvalue weighted by molar-refractivity contribution is -0.141. The quantitative estimate of drug-likeness (QED) is 0.441. The number of alkyl carbamates (subject to hydrolysis) is 1. The lowest BCUT2D eigenvalue weighted by Crippen LogP contribution is -2.39. The van der Waals surface area contributed by atoms with Gasteiger partial charge in [0.1, 0.15) is 6.61 Å². The molecule has 0 radical (unpaired) electrons. The van der Waals surface area contributed by atoms with Gasteiger partial charge in [-0.3, -0.25) is 9.59 Å². The number of hydrogen-bond donors (Lipinski definition) is 3.